The summed E-state index contributed by atoms with van der Waals surface area (Å²) in [4.78, 5) is 47.0. The van der Waals surface area contributed by atoms with Crippen molar-refractivity contribution in [2.45, 2.75) is 291 Å². The minimum absolute atomic E-state index is 0.0404. The fourth-order valence-electron chi connectivity index (χ4n) is 15.0. The van der Waals surface area contributed by atoms with Gasteiger partial charge in [-0.05, 0) is 161 Å². The SMILES string of the molecule is CCCCOP(=O)(O)COc1c2cc(C(C)(C)CC(C)(C)C)cc1Cc1cc(C(C)(C)CC(C)(C)C)cc(c1OCP(=O)(O)OCCCC)Cc1cc(C(C)(C)CC(C)(C)C)cc(c1OCP(=O)(O)OCCCC)Cc1cc(C(C)(C)CC(C)(C)C)cc(c1OCP(=O)(O)OCCCC)C2. The molecule has 5 rings (SSSR count). The third-order valence-electron chi connectivity index (χ3n) is 18.2. The monoisotopic (exact) mass is 1470 g/mol. The lowest BCUT2D eigenvalue weighted by molar-refractivity contribution is 0.226. The van der Waals surface area contributed by atoms with Crippen molar-refractivity contribution >= 4 is 30.4 Å². The molecule has 0 saturated heterocycles. The van der Waals surface area contributed by atoms with Crippen LogP contribution < -0.4 is 18.9 Å². The van der Waals surface area contributed by atoms with Crippen LogP contribution in [0.25, 0.3) is 0 Å². The minimum atomic E-state index is -4.44. The second-order valence-corrected chi connectivity index (χ2v) is 43.2. The zero-order valence-electron chi connectivity index (χ0n) is 66.1. The first-order valence-electron chi connectivity index (χ1n) is 36.8. The van der Waals surface area contributed by atoms with Crippen molar-refractivity contribution in [3.8, 4) is 23.0 Å². The summed E-state index contributed by atoms with van der Waals surface area (Å²) < 4.78 is 109. The van der Waals surface area contributed by atoms with E-state index in [0.717, 1.165) is 73.6 Å². The van der Waals surface area contributed by atoms with Gasteiger partial charge in [-0.1, -0.05) is 240 Å². The molecule has 0 heterocycles. The molecule has 20 heteroatoms. The molecule has 4 aromatic carbocycles. The van der Waals surface area contributed by atoms with Gasteiger partial charge in [0.1, 0.15) is 23.0 Å². The molecular weight excluding hydrogens is 1340 g/mol. The third-order valence-corrected chi connectivity index (χ3v) is 22.3. The van der Waals surface area contributed by atoms with Crippen LogP contribution in [0.4, 0.5) is 0 Å². The lowest BCUT2D eigenvalue weighted by atomic mass is 9.70. The lowest BCUT2D eigenvalue weighted by Gasteiger charge is -2.36. The fourth-order valence-corrected chi connectivity index (χ4v) is 18.2. The number of unbranched alkanes of at least 4 members (excludes halogenated alkanes) is 4. The molecule has 1 aliphatic carbocycles. The standard InChI is InChI=1S/C80H132O16P4/c1-25-29-33-93-97(81,82)53-89-69-57-37-59-43-66(78(19,20)50-74(8,9)10)45-61(70(59)90-54-98(83,84)94-34-30-26-2)39-63-47-68(80(23,24)52-76(14,15)16)48-64(72(63)92-56-100(87,88)96-36-32-28-4)40-62-46-67(79(21,22)51-75(11,12)13)44-60(71(62)91-55-99(85,86)95-35-31-27-3)38-58(69)42-65(41-57)77(17,18)49-73(5,6)7/h41-48H,25-40,49-56H2,1-24H3,(H,81,82)(H,83,84)(H,85,86)(H,87,88). The summed E-state index contributed by atoms with van der Waals surface area (Å²) in [6, 6.07) is 16.9. The van der Waals surface area contributed by atoms with Crippen LogP contribution >= 0.6 is 30.4 Å². The number of fused-ring (bicyclic) bond motifs is 8. The van der Waals surface area contributed by atoms with E-state index in [2.05, 4.69) is 187 Å². The van der Waals surface area contributed by atoms with Gasteiger partial charge in [0.25, 0.3) is 0 Å². The lowest BCUT2D eigenvalue weighted by Crippen LogP contribution is -2.26. The van der Waals surface area contributed by atoms with E-state index in [1.165, 1.54) is 0 Å². The van der Waals surface area contributed by atoms with E-state index in [9.17, 15) is 37.8 Å². The van der Waals surface area contributed by atoms with Crippen LogP contribution in [0.2, 0.25) is 0 Å². The van der Waals surface area contributed by atoms with Crippen molar-refractivity contribution in [3.63, 3.8) is 0 Å². The molecule has 4 atom stereocenters. The van der Waals surface area contributed by atoms with Crippen LogP contribution in [0.3, 0.4) is 0 Å². The van der Waals surface area contributed by atoms with Gasteiger partial charge in [-0.25, -0.2) is 0 Å². The average molecular weight is 1470 g/mol. The largest absolute Gasteiger partial charge is 0.480 e. The maximum absolute atomic E-state index is 14.4. The van der Waals surface area contributed by atoms with E-state index in [1.807, 2.05) is 27.7 Å². The first-order valence-corrected chi connectivity index (χ1v) is 43.8. The van der Waals surface area contributed by atoms with Crippen LogP contribution in [-0.4, -0.2) is 71.4 Å². The molecule has 0 amide bonds. The first-order chi connectivity index (χ1) is 45.7. The second kappa shape index (κ2) is 34.9. The summed E-state index contributed by atoms with van der Waals surface area (Å²) >= 11 is 0. The van der Waals surface area contributed by atoms with Crippen LogP contribution in [0.5, 0.6) is 23.0 Å². The predicted molar refractivity (Wildman–Crippen MR) is 410 cm³/mol. The van der Waals surface area contributed by atoms with Crippen molar-refractivity contribution in [1.29, 1.82) is 0 Å². The van der Waals surface area contributed by atoms with E-state index in [-0.39, 0.29) is 73.8 Å². The van der Waals surface area contributed by atoms with Crippen molar-refractivity contribution in [3.05, 3.63) is 115 Å². The highest BCUT2D eigenvalue weighted by atomic mass is 31.2. The van der Waals surface area contributed by atoms with Crippen LogP contribution in [0, 0.1) is 21.7 Å². The Kier molecular flexibility index (Phi) is 30.5. The van der Waals surface area contributed by atoms with Gasteiger partial charge in [-0.3, -0.25) is 18.3 Å². The summed E-state index contributed by atoms with van der Waals surface area (Å²) in [5.74, 6) is 1.23. The Hall–Kier alpha value is -3.32. The van der Waals surface area contributed by atoms with Crippen molar-refractivity contribution < 1.29 is 74.9 Å². The maximum Gasteiger partial charge on any atom is 0.365 e. The fraction of sp³-hybridized carbons (Fsp3) is 0.700. The maximum atomic E-state index is 14.4. The Bertz CT molecular complexity index is 3000. The van der Waals surface area contributed by atoms with E-state index in [1.54, 1.807) is 0 Å². The quantitative estimate of drug-likeness (QED) is 0.0216. The van der Waals surface area contributed by atoms with Gasteiger partial charge in [-0.15, -0.1) is 0 Å². The van der Waals surface area contributed by atoms with Crippen molar-refractivity contribution in [2.24, 2.45) is 21.7 Å². The molecule has 0 aromatic heterocycles. The number of benzene rings is 4. The normalized spacial score (nSPS) is 16.3. The molecule has 4 unspecified atom stereocenters. The van der Waals surface area contributed by atoms with Gasteiger partial charge in [-0.2, -0.15) is 0 Å². The molecule has 0 aliphatic heterocycles. The first kappa shape index (κ1) is 87.3. The molecule has 4 aromatic rings. The van der Waals surface area contributed by atoms with Gasteiger partial charge < -0.3 is 56.6 Å². The van der Waals surface area contributed by atoms with Crippen molar-refractivity contribution in [2.75, 3.05) is 51.8 Å². The topological polar surface area (TPSA) is 223 Å². The zero-order valence-corrected chi connectivity index (χ0v) is 69.6. The van der Waals surface area contributed by atoms with Gasteiger partial charge in [0.2, 0.25) is 0 Å². The number of rotatable bonds is 36. The van der Waals surface area contributed by atoms with Crippen molar-refractivity contribution in [1.82, 2.24) is 0 Å². The molecule has 0 saturated carbocycles. The Labute approximate surface area is 604 Å². The van der Waals surface area contributed by atoms with E-state index in [4.69, 9.17) is 37.0 Å². The predicted octanol–water partition coefficient (Wildman–Crippen LogP) is 22.6. The Morgan fingerprint density at radius 2 is 0.440 bits per heavy atom. The molecule has 100 heavy (non-hydrogen) atoms. The van der Waals surface area contributed by atoms with E-state index in [0.29, 0.717) is 93.2 Å². The summed E-state index contributed by atoms with van der Waals surface area (Å²) in [7, 11) is -17.8. The summed E-state index contributed by atoms with van der Waals surface area (Å²) in [5.41, 5.74) is 6.04. The minimum Gasteiger partial charge on any atom is -0.480 e. The average Bonchev–Trinajstić information content (AvgIpc) is 0.756. The number of hydrogen-bond acceptors (Lipinski definition) is 12. The second-order valence-electron chi connectivity index (χ2n) is 36.1. The smallest absolute Gasteiger partial charge is 0.365 e. The highest BCUT2D eigenvalue weighted by Gasteiger charge is 2.38. The molecule has 16 nitrogen and oxygen atoms in total. The zero-order chi connectivity index (χ0) is 75.5. The van der Waals surface area contributed by atoms with Crippen LogP contribution in [0.1, 0.15) is 310 Å². The molecular formula is C80H132O16P4. The molecule has 0 spiro atoms. The molecule has 0 radical (unpaired) electrons. The van der Waals surface area contributed by atoms with Gasteiger partial charge in [0.05, 0.1) is 26.4 Å². The van der Waals surface area contributed by atoms with Crippen LogP contribution in [0.15, 0.2) is 48.5 Å². The number of hydrogen-bond donors (Lipinski definition) is 4. The Morgan fingerprint density at radius 3 is 0.570 bits per heavy atom. The van der Waals surface area contributed by atoms with Gasteiger partial charge in [0.15, 0.2) is 25.4 Å². The highest BCUT2D eigenvalue weighted by molar-refractivity contribution is 7.53. The Morgan fingerprint density at radius 1 is 0.290 bits per heavy atom. The highest BCUT2D eigenvalue weighted by Crippen LogP contribution is 2.53. The molecule has 8 bridgehead atoms. The number of ether oxygens (including phenoxy) is 4. The molecule has 0 fully saturated rings. The van der Waals surface area contributed by atoms with E-state index >= 15 is 0 Å². The Balaban J connectivity index is 2.23. The third kappa shape index (κ3) is 27.9. The summed E-state index contributed by atoms with van der Waals surface area (Å²) in [6.07, 6.45) is 5.53. The summed E-state index contributed by atoms with van der Waals surface area (Å²) in [6.45, 7) is 52.3. The summed E-state index contributed by atoms with van der Waals surface area (Å²) in [5, 5.41) is 0. The molecule has 568 valence electrons. The van der Waals surface area contributed by atoms with Gasteiger partial charge in [0, 0.05) is 25.7 Å². The molecule has 4 N–H and O–H groups in total. The van der Waals surface area contributed by atoms with Crippen LogP contribution in [-0.2, 0) is 83.7 Å². The molecule has 1 aliphatic rings. The van der Waals surface area contributed by atoms with E-state index < -0.39 is 77.4 Å². The van der Waals surface area contributed by atoms with Gasteiger partial charge >= 0.3 is 30.4 Å².